The molecule has 0 radical (unpaired) electrons. The summed E-state index contributed by atoms with van der Waals surface area (Å²) in [4.78, 5) is 30.9. The van der Waals surface area contributed by atoms with Crippen molar-refractivity contribution >= 4 is 11.2 Å². The largest absolute Gasteiger partial charge is 0.332 e. The maximum Gasteiger partial charge on any atom is 0.332 e. The van der Waals surface area contributed by atoms with E-state index in [0.29, 0.717) is 36.5 Å². The zero-order valence-electron chi connectivity index (χ0n) is 20.8. The van der Waals surface area contributed by atoms with Gasteiger partial charge < -0.3 is 4.57 Å². The molecule has 2 aromatic carbocycles. The van der Waals surface area contributed by atoms with Gasteiger partial charge in [-0.05, 0) is 33.5 Å². The van der Waals surface area contributed by atoms with Crippen LogP contribution in [0.5, 0.6) is 0 Å². The average molecular weight is 485 g/mol. The summed E-state index contributed by atoms with van der Waals surface area (Å²) in [5.74, 6) is 1.46. The van der Waals surface area contributed by atoms with Gasteiger partial charge in [0.1, 0.15) is 5.82 Å². The Morgan fingerprint density at radius 1 is 0.972 bits per heavy atom. The number of hydrogen-bond donors (Lipinski definition) is 1. The zero-order valence-corrected chi connectivity index (χ0v) is 20.8. The first-order valence-electron chi connectivity index (χ1n) is 12.0. The molecular weight excluding hydrogens is 456 g/mol. The standard InChI is InChI=1S/C26H28N8O2/c1-5-14-33-25(35)21-24(32(4)26(33)36)27-23(16(2)3)34(21)15-17-10-12-18(13-11-17)19-8-6-7-9-20(19)22-28-30-31-29-22/h6-13,16H,5,14-15H2,1-4H3,(H,28,29,30,31). The minimum Gasteiger partial charge on any atom is -0.317 e. The molecule has 0 saturated carbocycles. The van der Waals surface area contributed by atoms with Crippen molar-refractivity contribution in [2.45, 2.75) is 46.2 Å². The molecule has 0 bridgehead atoms. The third-order valence-corrected chi connectivity index (χ3v) is 6.36. The van der Waals surface area contributed by atoms with Crippen molar-refractivity contribution in [3.8, 4) is 22.5 Å². The van der Waals surface area contributed by atoms with Crippen LogP contribution in [0.1, 0.15) is 44.5 Å². The summed E-state index contributed by atoms with van der Waals surface area (Å²) >= 11 is 0. The molecule has 10 nitrogen and oxygen atoms in total. The number of rotatable bonds is 7. The number of nitrogens with one attached hydrogen (secondary N) is 1. The third kappa shape index (κ3) is 3.94. The molecular formula is C26H28N8O2. The summed E-state index contributed by atoms with van der Waals surface area (Å²) < 4.78 is 4.74. The number of fused-ring (bicyclic) bond motifs is 1. The Morgan fingerprint density at radius 3 is 2.33 bits per heavy atom. The van der Waals surface area contributed by atoms with Crippen LogP contribution in [0.15, 0.2) is 58.1 Å². The minimum absolute atomic E-state index is 0.0770. The van der Waals surface area contributed by atoms with Gasteiger partial charge >= 0.3 is 5.69 Å². The fourth-order valence-corrected chi connectivity index (χ4v) is 4.60. The van der Waals surface area contributed by atoms with Crippen molar-refractivity contribution in [2.24, 2.45) is 7.05 Å². The lowest BCUT2D eigenvalue weighted by Gasteiger charge is -2.13. The van der Waals surface area contributed by atoms with Crippen molar-refractivity contribution in [2.75, 3.05) is 0 Å². The molecule has 0 unspecified atom stereocenters. The number of nitrogens with zero attached hydrogens (tertiary/aromatic N) is 7. The van der Waals surface area contributed by atoms with Gasteiger partial charge in [-0.15, -0.1) is 5.10 Å². The molecule has 0 amide bonds. The number of imidazole rings is 1. The van der Waals surface area contributed by atoms with Gasteiger partial charge in [0.25, 0.3) is 5.56 Å². The Hall–Kier alpha value is -4.34. The van der Waals surface area contributed by atoms with Gasteiger partial charge in [0, 0.05) is 31.6 Å². The molecule has 0 fully saturated rings. The molecule has 0 aliphatic carbocycles. The van der Waals surface area contributed by atoms with Gasteiger partial charge in [-0.1, -0.05) is 69.3 Å². The molecule has 0 spiro atoms. The summed E-state index contributed by atoms with van der Waals surface area (Å²) in [5, 5.41) is 14.3. The van der Waals surface area contributed by atoms with E-state index in [9.17, 15) is 9.59 Å². The SMILES string of the molecule is CCCn1c(=O)c2c(nc(C(C)C)n2Cc2ccc(-c3ccccc3-c3nnn[nH]3)cc2)n(C)c1=O. The van der Waals surface area contributed by atoms with Gasteiger partial charge in [0.15, 0.2) is 17.0 Å². The number of hydrogen-bond acceptors (Lipinski definition) is 6. The predicted molar refractivity (Wildman–Crippen MR) is 138 cm³/mol. The number of benzene rings is 2. The molecule has 0 aliphatic heterocycles. The Morgan fingerprint density at radius 2 is 1.69 bits per heavy atom. The lowest BCUT2D eigenvalue weighted by Crippen LogP contribution is -2.39. The highest BCUT2D eigenvalue weighted by Crippen LogP contribution is 2.30. The molecule has 1 N–H and O–H groups in total. The van der Waals surface area contributed by atoms with Crippen LogP contribution in [0.25, 0.3) is 33.7 Å². The van der Waals surface area contributed by atoms with E-state index < -0.39 is 0 Å². The first-order valence-corrected chi connectivity index (χ1v) is 12.0. The molecule has 184 valence electrons. The second kappa shape index (κ2) is 9.37. The van der Waals surface area contributed by atoms with E-state index in [2.05, 4.69) is 32.8 Å². The highest BCUT2D eigenvalue weighted by atomic mass is 16.2. The highest BCUT2D eigenvalue weighted by Gasteiger charge is 2.21. The molecule has 0 aliphatic rings. The van der Waals surface area contributed by atoms with E-state index >= 15 is 0 Å². The van der Waals surface area contributed by atoms with Crippen LogP contribution in [0.4, 0.5) is 0 Å². The number of aryl methyl sites for hydroxylation is 1. The van der Waals surface area contributed by atoms with Crippen LogP contribution in [0.3, 0.4) is 0 Å². The fraction of sp³-hybridized carbons (Fsp3) is 0.308. The van der Waals surface area contributed by atoms with Crippen molar-refractivity contribution in [3.05, 3.63) is 80.8 Å². The molecule has 5 aromatic rings. The van der Waals surface area contributed by atoms with E-state index in [-0.39, 0.29) is 17.2 Å². The molecule has 0 atom stereocenters. The Kier molecular flexibility index (Phi) is 6.09. The van der Waals surface area contributed by atoms with E-state index in [4.69, 9.17) is 4.98 Å². The molecule has 36 heavy (non-hydrogen) atoms. The van der Waals surface area contributed by atoms with Crippen LogP contribution in [0.2, 0.25) is 0 Å². The van der Waals surface area contributed by atoms with Crippen LogP contribution < -0.4 is 11.2 Å². The zero-order chi connectivity index (χ0) is 25.4. The fourth-order valence-electron chi connectivity index (χ4n) is 4.60. The number of aromatic nitrogens is 8. The van der Waals surface area contributed by atoms with Gasteiger partial charge in [-0.25, -0.2) is 14.9 Å². The van der Waals surface area contributed by atoms with Crippen LogP contribution in [-0.2, 0) is 20.1 Å². The summed E-state index contributed by atoms with van der Waals surface area (Å²) in [7, 11) is 1.67. The topological polar surface area (TPSA) is 116 Å². The van der Waals surface area contributed by atoms with E-state index in [1.165, 1.54) is 9.13 Å². The van der Waals surface area contributed by atoms with Gasteiger partial charge in [-0.3, -0.25) is 13.9 Å². The summed E-state index contributed by atoms with van der Waals surface area (Å²) in [5.41, 5.74) is 4.23. The van der Waals surface area contributed by atoms with Crippen molar-refractivity contribution in [3.63, 3.8) is 0 Å². The molecule has 3 heterocycles. The van der Waals surface area contributed by atoms with Gasteiger partial charge in [-0.2, -0.15) is 0 Å². The lowest BCUT2D eigenvalue weighted by atomic mass is 9.98. The number of H-pyrrole nitrogens is 1. The smallest absolute Gasteiger partial charge is 0.317 e. The Balaban J connectivity index is 1.58. The Labute approximate surface area is 207 Å². The van der Waals surface area contributed by atoms with E-state index in [1.54, 1.807) is 7.05 Å². The molecule has 3 aromatic heterocycles. The van der Waals surface area contributed by atoms with Crippen LogP contribution in [-0.4, -0.2) is 39.3 Å². The normalized spacial score (nSPS) is 11.6. The van der Waals surface area contributed by atoms with Gasteiger partial charge in [0.2, 0.25) is 0 Å². The van der Waals surface area contributed by atoms with Crippen molar-refractivity contribution < 1.29 is 0 Å². The summed E-state index contributed by atoms with van der Waals surface area (Å²) in [6.07, 6.45) is 0.693. The lowest BCUT2D eigenvalue weighted by molar-refractivity contribution is 0.590. The maximum atomic E-state index is 13.4. The second-order valence-electron chi connectivity index (χ2n) is 9.17. The summed E-state index contributed by atoms with van der Waals surface area (Å²) in [6, 6.07) is 16.1. The highest BCUT2D eigenvalue weighted by molar-refractivity contribution is 5.80. The molecule has 10 heteroatoms. The van der Waals surface area contributed by atoms with E-state index in [1.807, 2.05) is 61.7 Å². The maximum absolute atomic E-state index is 13.4. The second-order valence-corrected chi connectivity index (χ2v) is 9.17. The molecule has 5 rings (SSSR count). The first kappa shape index (κ1) is 23.4. The Bertz CT molecular complexity index is 1640. The van der Waals surface area contributed by atoms with Crippen molar-refractivity contribution in [1.82, 2.24) is 39.3 Å². The van der Waals surface area contributed by atoms with Crippen LogP contribution in [0, 0.1) is 0 Å². The van der Waals surface area contributed by atoms with Crippen LogP contribution >= 0.6 is 0 Å². The quantitative estimate of drug-likeness (QED) is 0.379. The third-order valence-electron chi connectivity index (χ3n) is 6.36. The predicted octanol–water partition coefficient (Wildman–Crippen LogP) is 3.33. The minimum atomic E-state index is -0.334. The number of aromatic amines is 1. The summed E-state index contributed by atoms with van der Waals surface area (Å²) in [6.45, 7) is 6.87. The van der Waals surface area contributed by atoms with Gasteiger partial charge in [0.05, 0.1) is 0 Å². The first-order chi connectivity index (χ1) is 17.4. The monoisotopic (exact) mass is 484 g/mol. The number of tetrazole rings is 1. The molecule has 0 saturated heterocycles. The van der Waals surface area contributed by atoms with E-state index in [0.717, 1.165) is 28.1 Å². The van der Waals surface area contributed by atoms with Crippen molar-refractivity contribution in [1.29, 1.82) is 0 Å². The average Bonchev–Trinajstić information content (AvgIpc) is 3.55.